The van der Waals surface area contributed by atoms with Crippen LogP contribution in [0.5, 0.6) is 0 Å². The molecule has 0 aromatic heterocycles. The molecule has 0 spiro atoms. The first kappa shape index (κ1) is 32.2. The molecule has 1 fully saturated rings. The Morgan fingerprint density at radius 1 is 0.889 bits per heavy atom. The predicted octanol–water partition coefficient (Wildman–Crippen LogP) is 6.01. The normalized spacial score (nSPS) is 18.1. The van der Waals surface area contributed by atoms with Crippen LogP contribution in [0.1, 0.15) is 124 Å². The molecule has 2 amide bonds. The van der Waals surface area contributed by atoms with E-state index in [0.717, 1.165) is 19.3 Å². The number of unbranched alkanes of at least 4 members (excludes halogenated alkanes) is 12. The fraction of sp³-hybridized carbons (Fsp3) is 0.893. The Morgan fingerprint density at radius 3 is 1.97 bits per heavy atom. The fourth-order valence-corrected chi connectivity index (χ4v) is 4.44. The summed E-state index contributed by atoms with van der Waals surface area (Å²) in [5.74, 6) is -0.588. The van der Waals surface area contributed by atoms with Crippen molar-refractivity contribution < 1.29 is 28.6 Å². The lowest BCUT2D eigenvalue weighted by Gasteiger charge is -2.24. The molecular formula is C28H52N2O6. The van der Waals surface area contributed by atoms with Crippen LogP contribution in [0.4, 0.5) is 4.79 Å². The maximum Gasteiger partial charge on any atom is 0.407 e. The van der Waals surface area contributed by atoms with Gasteiger partial charge in [0.2, 0.25) is 12.2 Å². The van der Waals surface area contributed by atoms with Crippen molar-refractivity contribution >= 4 is 18.0 Å². The first-order valence-corrected chi connectivity index (χ1v) is 14.4. The minimum absolute atomic E-state index is 0.200. The van der Waals surface area contributed by atoms with Gasteiger partial charge in [0.25, 0.3) is 0 Å². The van der Waals surface area contributed by atoms with Crippen molar-refractivity contribution in [2.24, 2.45) is 5.92 Å². The molecule has 0 bridgehead atoms. The molecule has 1 aliphatic rings. The average molecular weight is 513 g/mol. The Kier molecular flexibility index (Phi) is 18.1. The van der Waals surface area contributed by atoms with Crippen LogP contribution in [-0.4, -0.2) is 49.6 Å². The highest BCUT2D eigenvalue weighted by atomic mass is 16.7. The van der Waals surface area contributed by atoms with Crippen LogP contribution in [0, 0.1) is 5.92 Å². The monoisotopic (exact) mass is 512 g/mol. The van der Waals surface area contributed by atoms with Gasteiger partial charge in [-0.2, -0.15) is 0 Å². The number of hydrogen-bond acceptors (Lipinski definition) is 6. The highest BCUT2D eigenvalue weighted by Gasteiger charge is 2.34. The Morgan fingerprint density at radius 2 is 1.44 bits per heavy atom. The Balaban J connectivity index is 2.17. The second-order valence-corrected chi connectivity index (χ2v) is 10.5. The van der Waals surface area contributed by atoms with Gasteiger partial charge in [0, 0.05) is 6.92 Å². The van der Waals surface area contributed by atoms with E-state index in [-0.39, 0.29) is 11.8 Å². The van der Waals surface area contributed by atoms with Crippen LogP contribution in [0.25, 0.3) is 0 Å². The van der Waals surface area contributed by atoms with Crippen molar-refractivity contribution in [1.29, 1.82) is 0 Å². The number of amides is 2. The van der Waals surface area contributed by atoms with Crippen molar-refractivity contribution in [2.45, 2.75) is 142 Å². The summed E-state index contributed by atoms with van der Waals surface area (Å²) in [6.07, 6.45) is 16.1. The molecule has 1 heterocycles. The minimum Gasteiger partial charge on any atom is -0.450 e. The van der Waals surface area contributed by atoms with E-state index < -0.39 is 30.4 Å². The maximum atomic E-state index is 12.8. The van der Waals surface area contributed by atoms with Crippen LogP contribution >= 0.6 is 0 Å². The van der Waals surface area contributed by atoms with E-state index in [1.807, 2.05) is 13.8 Å². The molecule has 0 aromatic carbocycles. The first-order chi connectivity index (χ1) is 17.3. The summed E-state index contributed by atoms with van der Waals surface area (Å²) in [5.41, 5.74) is 0. The van der Waals surface area contributed by atoms with Crippen molar-refractivity contribution in [2.75, 3.05) is 13.2 Å². The molecule has 0 saturated carbocycles. The first-order valence-electron chi connectivity index (χ1n) is 14.4. The molecule has 1 aliphatic heterocycles. The van der Waals surface area contributed by atoms with Crippen LogP contribution in [-0.2, 0) is 23.8 Å². The van der Waals surface area contributed by atoms with E-state index in [1.54, 1.807) is 0 Å². The topological polar surface area (TPSA) is 103 Å². The van der Waals surface area contributed by atoms with Gasteiger partial charge in [-0.25, -0.2) is 4.79 Å². The zero-order chi connectivity index (χ0) is 26.6. The van der Waals surface area contributed by atoms with E-state index in [4.69, 9.17) is 14.2 Å². The van der Waals surface area contributed by atoms with Crippen LogP contribution in [0.15, 0.2) is 0 Å². The molecule has 0 aliphatic carbocycles. The molecule has 8 nitrogen and oxygen atoms in total. The molecule has 1 rings (SSSR count). The molecule has 8 heteroatoms. The third kappa shape index (κ3) is 16.0. The second kappa shape index (κ2) is 20.3. The smallest absolute Gasteiger partial charge is 0.407 e. The molecule has 0 aromatic rings. The lowest BCUT2D eigenvalue weighted by atomic mass is 10.0. The van der Waals surface area contributed by atoms with Crippen molar-refractivity contribution in [1.82, 2.24) is 10.6 Å². The molecule has 0 unspecified atom stereocenters. The predicted molar refractivity (Wildman–Crippen MR) is 141 cm³/mol. The van der Waals surface area contributed by atoms with E-state index >= 15 is 0 Å². The summed E-state index contributed by atoms with van der Waals surface area (Å²) >= 11 is 0. The number of esters is 1. The fourth-order valence-electron chi connectivity index (χ4n) is 4.44. The zero-order valence-corrected chi connectivity index (χ0v) is 23.3. The molecular weight excluding hydrogens is 460 g/mol. The average Bonchev–Trinajstić information content (AvgIpc) is 3.24. The largest absolute Gasteiger partial charge is 0.450 e. The van der Waals surface area contributed by atoms with Gasteiger partial charge in [-0.15, -0.1) is 0 Å². The Labute approximate surface area is 219 Å². The van der Waals surface area contributed by atoms with Gasteiger partial charge in [-0.3, -0.25) is 9.59 Å². The summed E-state index contributed by atoms with van der Waals surface area (Å²) in [6, 6.07) is -1.15. The van der Waals surface area contributed by atoms with Gasteiger partial charge in [0.05, 0.1) is 19.3 Å². The number of alkyl carbamates (subject to hydrolysis) is 1. The number of carbonyl (C=O) groups excluding carboxylic acids is 3. The van der Waals surface area contributed by atoms with Gasteiger partial charge >= 0.3 is 12.1 Å². The van der Waals surface area contributed by atoms with Crippen molar-refractivity contribution in [3.05, 3.63) is 0 Å². The third-order valence-electron chi connectivity index (χ3n) is 6.45. The molecule has 3 atom stereocenters. The van der Waals surface area contributed by atoms with Crippen LogP contribution in [0.2, 0.25) is 0 Å². The van der Waals surface area contributed by atoms with Gasteiger partial charge in [-0.1, -0.05) is 97.8 Å². The summed E-state index contributed by atoms with van der Waals surface area (Å²) in [4.78, 5) is 36.4. The number of carbonyl (C=O) groups is 3. The molecule has 1 saturated heterocycles. The van der Waals surface area contributed by atoms with Gasteiger partial charge < -0.3 is 24.8 Å². The Bertz CT molecular complexity index is 613. The number of rotatable bonds is 20. The molecule has 2 N–H and O–H groups in total. The summed E-state index contributed by atoms with van der Waals surface area (Å²) in [6.45, 7) is 8.28. The number of hydrogen-bond donors (Lipinski definition) is 2. The van der Waals surface area contributed by atoms with Gasteiger partial charge in [-0.05, 0) is 25.2 Å². The molecule has 0 radical (unpaired) electrons. The SMILES string of the molecule is CCCCCCCCCCCCCCCOC(=O)N[C@@H](CC(C)C)C(=O)N[C@H]1CCO[C@H]1OC(C)=O. The highest BCUT2D eigenvalue weighted by Crippen LogP contribution is 2.16. The van der Waals surface area contributed by atoms with Gasteiger partial charge in [0.1, 0.15) is 6.04 Å². The van der Waals surface area contributed by atoms with Gasteiger partial charge in [0.15, 0.2) is 0 Å². The van der Waals surface area contributed by atoms with E-state index in [9.17, 15) is 14.4 Å². The van der Waals surface area contributed by atoms with Crippen molar-refractivity contribution in [3.63, 3.8) is 0 Å². The van der Waals surface area contributed by atoms with E-state index in [2.05, 4.69) is 17.6 Å². The second-order valence-electron chi connectivity index (χ2n) is 10.5. The Hall–Kier alpha value is -1.83. The summed E-state index contributed by atoms with van der Waals surface area (Å²) < 4.78 is 15.8. The van der Waals surface area contributed by atoms with Crippen molar-refractivity contribution in [3.8, 4) is 0 Å². The molecule has 36 heavy (non-hydrogen) atoms. The number of ether oxygens (including phenoxy) is 3. The lowest BCUT2D eigenvalue weighted by Crippen LogP contribution is -2.52. The maximum absolute atomic E-state index is 12.8. The standard InChI is InChI=1S/C28H52N2O6/c1-5-6-7-8-9-10-11-12-13-14-15-16-17-19-35-28(33)30-25(21-22(2)3)26(32)29-24-18-20-34-27(24)36-23(4)31/h22,24-25,27H,5-21H2,1-4H3,(H,29,32)(H,30,33)/t24-,25-,27-/m0/s1. The molecule has 210 valence electrons. The van der Waals surface area contributed by atoms with E-state index in [0.29, 0.717) is 26.1 Å². The summed E-state index contributed by atoms with van der Waals surface area (Å²) in [5, 5.41) is 5.56. The number of nitrogens with one attached hydrogen (secondary N) is 2. The minimum atomic E-state index is -0.798. The van der Waals surface area contributed by atoms with Crippen LogP contribution in [0.3, 0.4) is 0 Å². The third-order valence-corrected chi connectivity index (χ3v) is 6.45. The lowest BCUT2D eigenvalue weighted by molar-refractivity contribution is -0.170. The zero-order valence-electron chi connectivity index (χ0n) is 23.3. The van der Waals surface area contributed by atoms with Crippen LogP contribution < -0.4 is 10.6 Å². The van der Waals surface area contributed by atoms with E-state index in [1.165, 1.54) is 71.1 Å². The quantitative estimate of drug-likeness (QED) is 0.153. The highest BCUT2D eigenvalue weighted by molar-refractivity contribution is 5.85. The summed E-state index contributed by atoms with van der Waals surface area (Å²) in [7, 11) is 0.